The van der Waals surface area contributed by atoms with E-state index in [-0.39, 0.29) is 0 Å². The van der Waals surface area contributed by atoms with Gasteiger partial charge in [0.2, 0.25) is 0 Å². The first-order valence-electron chi connectivity index (χ1n) is 16.9. The minimum absolute atomic E-state index is 0.505. The van der Waals surface area contributed by atoms with Crippen LogP contribution in [0.2, 0.25) is 0 Å². The Bertz CT molecular complexity index is 482. The summed E-state index contributed by atoms with van der Waals surface area (Å²) in [5.41, 5.74) is 0.663. The van der Waals surface area contributed by atoms with E-state index < -0.39 is 0 Å². The summed E-state index contributed by atoms with van der Waals surface area (Å²) in [6.07, 6.45) is 35.1. The van der Waals surface area contributed by atoms with Crippen LogP contribution in [0.4, 0.5) is 0 Å². The predicted molar refractivity (Wildman–Crippen MR) is 158 cm³/mol. The van der Waals surface area contributed by atoms with Crippen LogP contribution in [0.3, 0.4) is 0 Å². The maximum Gasteiger partial charge on any atom is 0.0844 e. The third-order valence-electron chi connectivity index (χ3n) is 9.53. The number of ether oxygens (including phenoxy) is 2. The van der Waals surface area contributed by atoms with Crippen molar-refractivity contribution in [3.05, 3.63) is 0 Å². The van der Waals surface area contributed by atoms with Crippen molar-refractivity contribution >= 4 is 0 Å². The Hall–Kier alpha value is -0.0800. The quantitative estimate of drug-likeness (QED) is 0.0906. The Kier molecular flexibility index (Phi) is 17.8. The van der Waals surface area contributed by atoms with Crippen molar-refractivity contribution in [2.24, 2.45) is 11.3 Å². The van der Waals surface area contributed by atoms with Gasteiger partial charge in [-0.15, -0.1) is 0 Å². The highest BCUT2D eigenvalue weighted by atomic mass is 16.6. The molecule has 2 heteroatoms. The maximum atomic E-state index is 6.36. The molecular weight excluding hydrogens is 440 g/mol. The van der Waals surface area contributed by atoms with Crippen LogP contribution in [-0.4, -0.2) is 24.9 Å². The molecule has 0 aromatic carbocycles. The predicted octanol–water partition coefficient (Wildman–Crippen LogP) is 11.2. The van der Waals surface area contributed by atoms with Crippen molar-refractivity contribution in [1.29, 1.82) is 0 Å². The largest absolute Gasteiger partial charge is 0.378 e. The standard InChI is InChI=1S/C34H66O2/c1-5-9-24-34(25-10-6-2,26-11-7-3)27-18-16-14-13-15-17-19-31(35-28-12-8-4)22-20-30-21-23-32-33(29-30)36-32/h30-33H,5-29H2,1-4H3. The second kappa shape index (κ2) is 19.9. The third-order valence-corrected chi connectivity index (χ3v) is 9.53. The monoisotopic (exact) mass is 507 g/mol. The first-order chi connectivity index (χ1) is 17.7. The molecule has 0 aromatic rings. The zero-order valence-corrected chi connectivity index (χ0v) is 25.3. The number of rotatable bonds is 25. The summed E-state index contributed by atoms with van der Waals surface area (Å²) in [5.74, 6) is 0.894. The lowest BCUT2D eigenvalue weighted by molar-refractivity contribution is 0.0330. The molecule has 2 rings (SSSR count). The number of hydrogen-bond acceptors (Lipinski definition) is 2. The van der Waals surface area contributed by atoms with Crippen molar-refractivity contribution < 1.29 is 9.47 Å². The first-order valence-corrected chi connectivity index (χ1v) is 16.9. The van der Waals surface area contributed by atoms with Crippen molar-refractivity contribution in [1.82, 2.24) is 0 Å². The highest BCUT2D eigenvalue weighted by molar-refractivity contribution is 4.92. The second-order valence-corrected chi connectivity index (χ2v) is 12.8. The van der Waals surface area contributed by atoms with Crippen molar-refractivity contribution in [3.63, 3.8) is 0 Å². The van der Waals surface area contributed by atoms with Gasteiger partial charge in [-0.3, -0.25) is 0 Å². The van der Waals surface area contributed by atoms with Gasteiger partial charge in [0.25, 0.3) is 0 Å². The van der Waals surface area contributed by atoms with E-state index in [0.29, 0.717) is 23.7 Å². The van der Waals surface area contributed by atoms with Crippen LogP contribution < -0.4 is 0 Å². The molecule has 1 aliphatic heterocycles. The van der Waals surface area contributed by atoms with Gasteiger partial charge >= 0.3 is 0 Å². The number of unbranched alkanes of at least 4 members (excludes halogenated alkanes) is 9. The molecule has 36 heavy (non-hydrogen) atoms. The van der Waals surface area contributed by atoms with Gasteiger partial charge in [-0.1, -0.05) is 111 Å². The van der Waals surface area contributed by atoms with E-state index in [4.69, 9.17) is 9.47 Å². The van der Waals surface area contributed by atoms with Gasteiger partial charge in [-0.05, 0) is 82.0 Å². The number of epoxide rings is 1. The smallest absolute Gasteiger partial charge is 0.0844 e. The Labute approximate surface area is 227 Å². The van der Waals surface area contributed by atoms with Gasteiger partial charge in [0.15, 0.2) is 0 Å². The lowest BCUT2D eigenvalue weighted by Gasteiger charge is -2.35. The van der Waals surface area contributed by atoms with Gasteiger partial charge in [-0.25, -0.2) is 0 Å². The van der Waals surface area contributed by atoms with Crippen LogP contribution >= 0.6 is 0 Å². The molecule has 0 N–H and O–H groups in total. The molecule has 0 radical (unpaired) electrons. The summed E-state index contributed by atoms with van der Waals surface area (Å²) < 4.78 is 12.1. The van der Waals surface area contributed by atoms with Gasteiger partial charge in [0.1, 0.15) is 0 Å². The summed E-state index contributed by atoms with van der Waals surface area (Å²) >= 11 is 0. The molecule has 0 spiro atoms. The highest BCUT2D eigenvalue weighted by Crippen LogP contribution is 2.42. The molecule has 0 bridgehead atoms. The lowest BCUT2D eigenvalue weighted by Crippen LogP contribution is -2.21. The van der Waals surface area contributed by atoms with E-state index in [1.54, 1.807) is 0 Å². The summed E-state index contributed by atoms with van der Waals surface area (Å²) in [5, 5.41) is 0. The maximum absolute atomic E-state index is 6.36. The molecule has 214 valence electrons. The van der Waals surface area contributed by atoms with E-state index in [2.05, 4.69) is 27.7 Å². The number of hydrogen-bond donors (Lipinski definition) is 0. The minimum Gasteiger partial charge on any atom is -0.378 e. The first kappa shape index (κ1) is 32.1. The van der Waals surface area contributed by atoms with Crippen LogP contribution in [0.15, 0.2) is 0 Å². The van der Waals surface area contributed by atoms with Crippen LogP contribution in [0.25, 0.3) is 0 Å². The van der Waals surface area contributed by atoms with E-state index in [0.717, 1.165) is 12.5 Å². The van der Waals surface area contributed by atoms with Crippen LogP contribution in [0, 0.1) is 11.3 Å². The van der Waals surface area contributed by atoms with Crippen molar-refractivity contribution in [2.45, 2.75) is 200 Å². The minimum atomic E-state index is 0.505. The molecule has 1 aliphatic carbocycles. The van der Waals surface area contributed by atoms with E-state index in [1.807, 2.05) is 0 Å². The summed E-state index contributed by atoms with van der Waals surface area (Å²) in [4.78, 5) is 0. The van der Waals surface area contributed by atoms with E-state index >= 15 is 0 Å². The molecule has 4 unspecified atom stereocenters. The average Bonchev–Trinajstić information content (AvgIpc) is 3.68. The molecule has 0 amide bonds. The SMILES string of the molecule is CCCCOC(CCCCCCCCC(CCCC)(CCCC)CCCC)CCC1CCC2OC2C1. The van der Waals surface area contributed by atoms with Gasteiger partial charge in [-0.2, -0.15) is 0 Å². The molecule has 0 aromatic heterocycles. The molecule has 1 saturated carbocycles. The number of fused-ring (bicyclic) bond motifs is 1. The zero-order valence-electron chi connectivity index (χ0n) is 25.3. The van der Waals surface area contributed by atoms with E-state index in [9.17, 15) is 0 Å². The fraction of sp³-hybridized carbons (Fsp3) is 1.00. The van der Waals surface area contributed by atoms with E-state index in [1.165, 1.54) is 154 Å². The van der Waals surface area contributed by atoms with Crippen molar-refractivity contribution in [2.75, 3.05) is 6.61 Å². The average molecular weight is 507 g/mol. The molecular formula is C34H66O2. The second-order valence-electron chi connectivity index (χ2n) is 12.8. The van der Waals surface area contributed by atoms with Gasteiger partial charge < -0.3 is 9.47 Å². The fourth-order valence-electron chi connectivity index (χ4n) is 6.86. The van der Waals surface area contributed by atoms with Crippen molar-refractivity contribution in [3.8, 4) is 0 Å². The Morgan fingerprint density at radius 2 is 1.22 bits per heavy atom. The molecule has 1 heterocycles. The highest BCUT2D eigenvalue weighted by Gasteiger charge is 2.43. The Morgan fingerprint density at radius 3 is 1.83 bits per heavy atom. The Morgan fingerprint density at radius 1 is 0.639 bits per heavy atom. The molecule has 4 atom stereocenters. The summed E-state index contributed by atoms with van der Waals surface area (Å²) in [7, 11) is 0. The molecule has 1 saturated heterocycles. The third kappa shape index (κ3) is 13.6. The van der Waals surface area contributed by atoms with Gasteiger partial charge in [0, 0.05) is 6.61 Å². The molecule has 2 nitrogen and oxygen atoms in total. The lowest BCUT2D eigenvalue weighted by atomic mass is 9.71. The normalized spacial score (nSPS) is 22.5. The summed E-state index contributed by atoms with van der Waals surface area (Å²) in [6.45, 7) is 10.4. The molecule has 2 fully saturated rings. The van der Waals surface area contributed by atoms with Crippen LogP contribution in [0.1, 0.15) is 182 Å². The van der Waals surface area contributed by atoms with Crippen LogP contribution in [0.5, 0.6) is 0 Å². The summed E-state index contributed by atoms with van der Waals surface area (Å²) in [6, 6.07) is 0. The zero-order chi connectivity index (χ0) is 25.9. The van der Waals surface area contributed by atoms with Crippen LogP contribution in [-0.2, 0) is 9.47 Å². The van der Waals surface area contributed by atoms with Gasteiger partial charge in [0.05, 0.1) is 18.3 Å². The molecule has 2 aliphatic rings. The topological polar surface area (TPSA) is 21.8 Å². The Balaban J connectivity index is 1.60. The fourth-order valence-corrected chi connectivity index (χ4v) is 6.86.